The first kappa shape index (κ1) is 19.5. The summed E-state index contributed by atoms with van der Waals surface area (Å²) in [7, 11) is 0. The quantitative estimate of drug-likeness (QED) is 0.296. The molecule has 0 atom stereocenters. The van der Waals surface area contributed by atoms with Gasteiger partial charge in [0.05, 0.1) is 4.92 Å². The van der Waals surface area contributed by atoms with Crippen LogP contribution in [0.15, 0.2) is 77.0 Å². The van der Waals surface area contributed by atoms with Crippen LogP contribution in [0.25, 0.3) is 0 Å². The number of hydrogen-bond acceptors (Lipinski definition) is 5. The zero-order valence-corrected chi connectivity index (χ0v) is 16.1. The Balaban J connectivity index is 2.00. The number of hydrogen-bond donors (Lipinski definition) is 1. The SMILES string of the molecule is CC(C)(c1ccccc1)c1ccc(O)c(N=Nc2ccc(Cl)cc2[N+](=O)[O-])c1. The van der Waals surface area contributed by atoms with Crippen molar-refractivity contribution in [3.8, 4) is 5.75 Å². The van der Waals surface area contributed by atoms with E-state index in [0.717, 1.165) is 11.1 Å². The summed E-state index contributed by atoms with van der Waals surface area (Å²) in [5.74, 6) is -0.0621. The lowest BCUT2D eigenvalue weighted by atomic mass is 9.78. The average molecular weight is 396 g/mol. The van der Waals surface area contributed by atoms with Crippen LogP contribution in [0.2, 0.25) is 5.02 Å². The lowest BCUT2D eigenvalue weighted by molar-refractivity contribution is -0.384. The highest BCUT2D eigenvalue weighted by Crippen LogP contribution is 2.38. The van der Waals surface area contributed by atoms with Crippen molar-refractivity contribution in [1.82, 2.24) is 0 Å². The zero-order chi connectivity index (χ0) is 20.3. The van der Waals surface area contributed by atoms with Crippen molar-refractivity contribution in [2.24, 2.45) is 10.2 Å². The van der Waals surface area contributed by atoms with E-state index in [1.807, 2.05) is 36.4 Å². The highest BCUT2D eigenvalue weighted by atomic mass is 35.5. The Kier molecular flexibility index (Phi) is 5.42. The van der Waals surface area contributed by atoms with Crippen molar-refractivity contribution in [1.29, 1.82) is 0 Å². The Morgan fingerprint density at radius 3 is 2.29 bits per heavy atom. The molecule has 28 heavy (non-hydrogen) atoms. The molecule has 0 aliphatic carbocycles. The summed E-state index contributed by atoms with van der Waals surface area (Å²) in [6.07, 6.45) is 0. The number of nitro benzene ring substituents is 1. The fourth-order valence-corrected chi connectivity index (χ4v) is 3.02. The fourth-order valence-electron chi connectivity index (χ4n) is 2.85. The maximum absolute atomic E-state index is 11.2. The minimum atomic E-state index is -0.574. The number of halogens is 1. The lowest BCUT2D eigenvalue weighted by Crippen LogP contribution is -2.18. The monoisotopic (exact) mass is 395 g/mol. The van der Waals surface area contributed by atoms with E-state index in [-0.39, 0.29) is 33.2 Å². The van der Waals surface area contributed by atoms with Crippen molar-refractivity contribution in [2.75, 3.05) is 0 Å². The molecule has 0 saturated carbocycles. The van der Waals surface area contributed by atoms with Crippen molar-refractivity contribution >= 4 is 28.7 Å². The van der Waals surface area contributed by atoms with E-state index in [1.54, 1.807) is 12.1 Å². The van der Waals surface area contributed by atoms with Gasteiger partial charge in [0, 0.05) is 16.5 Å². The molecule has 3 rings (SSSR count). The van der Waals surface area contributed by atoms with Gasteiger partial charge in [0.1, 0.15) is 11.4 Å². The second-order valence-electron chi connectivity index (χ2n) is 6.78. The average Bonchev–Trinajstić information content (AvgIpc) is 2.68. The van der Waals surface area contributed by atoms with Crippen molar-refractivity contribution < 1.29 is 10.0 Å². The van der Waals surface area contributed by atoms with Crippen LogP contribution < -0.4 is 0 Å². The van der Waals surface area contributed by atoms with Gasteiger partial charge in [0.15, 0.2) is 5.69 Å². The maximum Gasteiger partial charge on any atom is 0.298 e. The minimum Gasteiger partial charge on any atom is -0.506 e. The van der Waals surface area contributed by atoms with Crippen molar-refractivity contribution in [3.05, 3.63) is 93.0 Å². The summed E-state index contributed by atoms with van der Waals surface area (Å²) < 4.78 is 0. The zero-order valence-electron chi connectivity index (χ0n) is 15.3. The van der Waals surface area contributed by atoms with Crippen molar-refractivity contribution in [3.63, 3.8) is 0 Å². The molecule has 0 bridgehead atoms. The number of phenolic OH excluding ortho intramolecular Hbond substituents is 1. The van der Waals surface area contributed by atoms with Crippen molar-refractivity contribution in [2.45, 2.75) is 19.3 Å². The maximum atomic E-state index is 11.2. The Morgan fingerprint density at radius 1 is 0.929 bits per heavy atom. The number of rotatable bonds is 5. The molecule has 0 unspecified atom stereocenters. The molecule has 0 spiro atoms. The van der Waals surface area contributed by atoms with Gasteiger partial charge in [-0.15, -0.1) is 10.2 Å². The first-order valence-electron chi connectivity index (χ1n) is 8.54. The molecule has 6 nitrogen and oxygen atoms in total. The Bertz CT molecular complexity index is 1050. The normalized spacial score (nSPS) is 11.7. The Morgan fingerprint density at radius 2 is 1.61 bits per heavy atom. The van der Waals surface area contributed by atoms with Crippen LogP contribution >= 0.6 is 11.6 Å². The van der Waals surface area contributed by atoms with E-state index < -0.39 is 4.92 Å². The van der Waals surface area contributed by atoms with Gasteiger partial charge in [-0.25, -0.2) is 0 Å². The number of benzene rings is 3. The van der Waals surface area contributed by atoms with E-state index in [1.165, 1.54) is 18.2 Å². The van der Waals surface area contributed by atoms with Crippen LogP contribution in [0.3, 0.4) is 0 Å². The summed E-state index contributed by atoms with van der Waals surface area (Å²) in [6.45, 7) is 4.14. The number of nitrogens with zero attached hydrogens (tertiary/aromatic N) is 3. The molecule has 0 aliphatic rings. The first-order chi connectivity index (χ1) is 13.3. The second-order valence-corrected chi connectivity index (χ2v) is 7.22. The van der Waals surface area contributed by atoms with Crippen LogP contribution in [0, 0.1) is 10.1 Å². The number of aromatic hydroxyl groups is 1. The molecule has 0 radical (unpaired) electrons. The van der Waals surface area contributed by atoms with E-state index in [4.69, 9.17) is 11.6 Å². The summed E-state index contributed by atoms with van der Waals surface area (Å²) in [6, 6.07) is 19.2. The molecule has 1 N–H and O–H groups in total. The van der Waals surface area contributed by atoms with Gasteiger partial charge in [-0.05, 0) is 35.4 Å². The fraction of sp³-hybridized carbons (Fsp3) is 0.143. The summed E-state index contributed by atoms with van der Waals surface area (Å²) in [5, 5.41) is 29.6. The summed E-state index contributed by atoms with van der Waals surface area (Å²) >= 11 is 5.82. The third-order valence-electron chi connectivity index (χ3n) is 4.59. The molecule has 142 valence electrons. The third kappa shape index (κ3) is 4.02. The van der Waals surface area contributed by atoms with Gasteiger partial charge < -0.3 is 5.11 Å². The molecule has 0 fully saturated rings. The van der Waals surface area contributed by atoms with Crippen LogP contribution in [0.5, 0.6) is 5.75 Å². The Hall–Kier alpha value is -3.25. The van der Waals surface area contributed by atoms with E-state index in [9.17, 15) is 15.2 Å². The molecule has 0 saturated heterocycles. The van der Waals surface area contributed by atoms with E-state index >= 15 is 0 Å². The minimum absolute atomic E-state index is 0.0570. The largest absolute Gasteiger partial charge is 0.506 e. The number of nitro groups is 1. The third-order valence-corrected chi connectivity index (χ3v) is 4.83. The van der Waals surface area contributed by atoms with Crippen LogP contribution in [-0.4, -0.2) is 10.0 Å². The van der Waals surface area contributed by atoms with Gasteiger partial charge in [-0.1, -0.05) is 61.8 Å². The molecular weight excluding hydrogens is 378 g/mol. The second kappa shape index (κ2) is 7.78. The number of azo groups is 1. The molecule has 3 aromatic carbocycles. The van der Waals surface area contributed by atoms with Gasteiger partial charge >= 0.3 is 0 Å². The van der Waals surface area contributed by atoms with Gasteiger partial charge in [0.2, 0.25) is 0 Å². The summed E-state index contributed by atoms with van der Waals surface area (Å²) in [4.78, 5) is 10.6. The van der Waals surface area contributed by atoms with E-state index in [2.05, 4.69) is 24.1 Å². The molecular formula is C21H18ClN3O3. The first-order valence-corrected chi connectivity index (χ1v) is 8.91. The van der Waals surface area contributed by atoms with Gasteiger partial charge in [-0.2, -0.15) is 0 Å². The standard InChI is InChI=1S/C21H18ClN3O3/c1-21(2,14-6-4-3-5-7-14)15-8-11-20(26)18(12-15)24-23-17-10-9-16(22)13-19(17)25(27)28/h3-13,26H,1-2H3. The van der Waals surface area contributed by atoms with Crippen LogP contribution in [0.4, 0.5) is 17.1 Å². The molecule has 7 heteroatoms. The lowest BCUT2D eigenvalue weighted by Gasteiger charge is -2.26. The molecule has 0 heterocycles. The highest BCUT2D eigenvalue weighted by Gasteiger charge is 2.24. The summed E-state index contributed by atoms with van der Waals surface area (Å²) in [5.41, 5.74) is 1.74. The predicted molar refractivity (Wildman–Crippen MR) is 109 cm³/mol. The molecule has 3 aromatic rings. The topological polar surface area (TPSA) is 88.1 Å². The van der Waals surface area contributed by atoms with Crippen LogP contribution in [0.1, 0.15) is 25.0 Å². The smallest absolute Gasteiger partial charge is 0.298 e. The Labute approximate surface area is 167 Å². The van der Waals surface area contributed by atoms with Gasteiger partial charge in [0.25, 0.3) is 5.69 Å². The van der Waals surface area contributed by atoms with Crippen LogP contribution in [-0.2, 0) is 5.41 Å². The highest BCUT2D eigenvalue weighted by molar-refractivity contribution is 6.30. The predicted octanol–water partition coefficient (Wildman–Crippen LogP) is 6.70. The van der Waals surface area contributed by atoms with Gasteiger partial charge in [-0.3, -0.25) is 10.1 Å². The molecule has 0 aliphatic heterocycles. The number of phenols is 1. The van der Waals surface area contributed by atoms with E-state index in [0.29, 0.717) is 0 Å². The molecule has 0 amide bonds. The molecule has 0 aromatic heterocycles.